The number of nitrogens with zero attached hydrogens (tertiary/aromatic N) is 1. The fourth-order valence-corrected chi connectivity index (χ4v) is 3.99. The van der Waals surface area contributed by atoms with Crippen molar-refractivity contribution in [2.24, 2.45) is 0 Å². The molecule has 3 aromatic carbocycles. The summed E-state index contributed by atoms with van der Waals surface area (Å²) in [6.07, 6.45) is -4.54. The number of hydrogen-bond acceptors (Lipinski definition) is 4. The molecule has 0 spiro atoms. The van der Waals surface area contributed by atoms with E-state index in [1.165, 1.54) is 6.07 Å². The Morgan fingerprint density at radius 1 is 1.09 bits per heavy atom. The Bertz CT molecular complexity index is 1380. The maximum absolute atomic E-state index is 13.5. The molecule has 0 aliphatic carbocycles. The summed E-state index contributed by atoms with van der Waals surface area (Å²) in [5, 5.41) is 5.97. The second kappa shape index (κ2) is 9.96. The van der Waals surface area contributed by atoms with Crippen LogP contribution in [0.2, 0.25) is 10.0 Å². The predicted molar refractivity (Wildman–Crippen MR) is 134 cm³/mol. The summed E-state index contributed by atoms with van der Waals surface area (Å²) < 4.78 is 58.0. The zero-order valence-corrected chi connectivity index (χ0v) is 20.6. The van der Waals surface area contributed by atoms with Crippen LogP contribution in [0.3, 0.4) is 0 Å². The van der Waals surface area contributed by atoms with Crippen LogP contribution in [-0.2, 0) is 0 Å². The Labute approximate surface area is 215 Å². The Morgan fingerprint density at radius 3 is 2.37 bits per heavy atom. The van der Waals surface area contributed by atoms with Gasteiger partial charge in [0, 0.05) is 27.5 Å². The molecule has 4 rings (SSSR count). The third-order valence-electron chi connectivity index (χ3n) is 4.69. The zero-order chi connectivity index (χ0) is 25.3. The molecule has 0 radical (unpaired) electrons. The molecule has 0 aliphatic heterocycles. The lowest BCUT2D eigenvalue weighted by molar-refractivity contribution is -0.153. The summed E-state index contributed by atoms with van der Waals surface area (Å²) in [7, 11) is 0. The van der Waals surface area contributed by atoms with Gasteiger partial charge in [0.15, 0.2) is 6.61 Å². The standard InChI is InChI=1S/C23H15BrCl2F4N4O/c1-11(31-14-4-2-12(24)3-5-14)15-8-18-19(9-20(15)35-10-23(28,29)30)33-22(32-18)34-21-16(25)6-13(27)7-17(21)26/h2-9,31H,1,10H2,(H2,32,33,34). The van der Waals surface area contributed by atoms with E-state index < -0.39 is 18.6 Å². The van der Waals surface area contributed by atoms with Crippen molar-refractivity contribution >= 4 is 73.2 Å². The molecule has 0 saturated carbocycles. The molecule has 0 saturated heterocycles. The number of aromatic nitrogens is 2. The van der Waals surface area contributed by atoms with E-state index in [-0.39, 0.29) is 33.0 Å². The summed E-state index contributed by atoms with van der Waals surface area (Å²) in [4.78, 5) is 7.31. The summed E-state index contributed by atoms with van der Waals surface area (Å²) in [5.74, 6) is -0.496. The monoisotopic (exact) mass is 588 g/mol. The fraction of sp³-hybridized carbons (Fsp3) is 0.0870. The van der Waals surface area contributed by atoms with E-state index in [2.05, 4.69) is 43.1 Å². The van der Waals surface area contributed by atoms with Crippen molar-refractivity contribution in [1.29, 1.82) is 0 Å². The van der Waals surface area contributed by atoms with E-state index in [1.54, 1.807) is 30.3 Å². The van der Waals surface area contributed by atoms with Gasteiger partial charge in [0.2, 0.25) is 5.95 Å². The van der Waals surface area contributed by atoms with Crippen LogP contribution in [0.5, 0.6) is 5.75 Å². The number of nitrogens with one attached hydrogen (secondary N) is 3. The number of benzene rings is 3. The molecule has 182 valence electrons. The van der Waals surface area contributed by atoms with E-state index in [0.29, 0.717) is 22.4 Å². The van der Waals surface area contributed by atoms with E-state index in [4.69, 9.17) is 27.9 Å². The molecule has 12 heteroatoms. The first kappa shape index (κ1) is 25.2. The predicted octanol–water partition coefficient (Wildman–Crippen LogP) is 8.54. The van der Waals surface area contributed by atoms with Crippen molar-refractivity contribution in [1.82, 2.24) is 9.97 Å². The summed E-state index contributed by atoms with van der Waals surface area (Å²) in [6, 6.07) is 12.2. The molecule has 4 aromatic rings. The average Bonchev–Trinajstić information content (AvgIpc) is 3.16. The van der Waals surface area contributed by atoms with Crippen molar-refractivity contribution in [3.63, 3.8) is 0 Å². The average molecular weight is 590 g/mol. The molecule has 35 heavy (non-hydrogen) atoms. The van der Waals surface area contributed by atoms with Crippen molar-refractivity contribution < 1.29 is 22.3 Å². The van der Waals surface area contributed by atoms with Crippen molar-refractivity contribution in [3.05, 3.63) is 81.0 Å². The van der Waals surface area contributed by atoms with Gasteiger partial charge in [-0.25, -0.2) is 9.37 Å². The van der Waals surface area contributed by atoms with Crippen LogP contribution < -0.4 is 15.4 Å². The van der Waals surface area contributed by atoms with Crippen LogP contribution in [0.15, 0.2) is 59.6 Å². The Balaban J connectivity index is 1.70. The van der Waals surface area contributed by atoms with Gasteiger partial charge in [-0.05, 0) is 42.5 Å². The quantitative estimate of drug-likeness (QED) is 0.189. The molecule has 0 amide bonds. The Hall–Kier alpha value is -2.95. The highest BCUT2D eigenvalue weighted by atomic mass is 79.9. The Kier molecular flexibility index (Phi) is 7.16. The fourth-order valence-electron chi connectivity index (χ4n) is 3.17. The maximum atomic E-state index is 13.5. The molecule has 5 nitrogen and oxygen atoms in total. The number of H-pyrrole nitrogens is 1. The largest absolute Gasteiger partial charge is 0.483 e. The minimum Gasteiger partial charge on any atom is -0.483 e. The van der Waals surface area contributed by atoms with Gasteiger partial charge >= 0.3 is 6.18 Å². The molecule has 3 N–H and O–H groups in total. The lowest BCUT2D eigenvalue weighted by atomic mass is 10.1. The summed E-state index contributed by atoms with van der Waals surface area (Å²) in [5.41, 5.74) is 2.25. The van der Waals surface area contributed by atoms with Crippen LogP contribution >= 0.6 is 39.1 Å². The number of halogens is 7. The number of ether oxygens (including phenoxy) is 1. The molecule has 0 fully saturated rings. The smallest absolute Gasteiger partial charge is 0.422 e. The number of aromatic amines is 1. The molecule has 0 atom stereocenters. The number of hydrogen-bond donors (Lipinski definition) is 3. The molecule has 0 aliphatic rings. The van der Waals surface area contributed by atoms with Gasteiger partial charge < -0.3 is 20.4 Å². The molecular weight excluding hydrogens is 575 g/mol. The van der Waals surface area contributed by atoms with Crippen LogP contribution in [0.25, 0.3) is 16.7 Å². The first-order valence-electron chi connectivity index (χ1n) is 9.85. The van der Waals surface area contributed by atoms with Crippen LogP contribution in [0.1, 0.15) is 5.56 Å². The van der Waals surface area contributed by atoms with E-state index in [0.717, 1.165) is 16.6 Å². The van der Waals surface area contributed by atoms with Crippen molar-refractivity contribution in [2.75, 3.05) is 17.2 Å². The van der Waals surface area contributed by atoms with Gasteiger partial charge in [0.25, 0.3) is 0 Å². The highest BCUT2D eigenvalue weighted by Crippen LogP contribution is 2.36. The highest BCUT2D eigenvalue weighted by molar-refractivity contribution is 9.10. The lowest BCUT2D eigenvalue weighted by Gasteiger charge is -2.16. The molecule has 1 aromatic heterocycles. The molecule has 0 unspecified atom stereocenters. The van der Waals surface area contributed by atoms with Gasteiger partial charge in [0.1, 0.15) is 11.6 Å². The second-order valence-corrected chi connectivity index (χ2v) is 9.06. The number of alkyl halides is 3. The van der Waals surface area contributed by atoms with Crippen LogP contribution in [0, 0.1) is 5.82 Å². The van der Waals surface area contributed by atoms with Crippen LogP contribution in [-0.4, -0.2) is 22.8 Å². The lowest BCUT2D eigenvalue weighted by Crippen LogP contribution is -2.20. The number of rotatable bonds is 7. The number of anilines is 3. The van der Waals surface area contributed by atoms with E-state index in [1.807, 2.05) is 0 Å². The first-order valence-corrected chi connectivity index (χ1v) is 11.4. The third kappa shape index (κ3) is 6.19. The third-order valence-corrected chi connectivity index (χ3v) is 5.81. The van der Waals surface area contributed by atoms with Gasteiger partial charge in [-0.2, -0.15) is 13.2 Å². The first-order chi connectivity index (χ1) is 16.5. The number of fused-ring (bicyclic) bond motifs is 1. The molecule has 0 bridgehead atoms. The summed E-state index contributed by atoms with van der Waals surface area (Å²) >= 11 is 15.5. The van der Waals surface area contributed by atoms with Crippen LogP contribution in [0.4, 0.5) is 34.9 Å². The highest BCUT2D eigenvalue weighted by Gasteiger charge is 2.29. The topological polar surface area (TPSA) is 62.0 Å². The van der Waals surface area contributed by atoms with Crippen molar-refractivity contribution in [3.8, 4) is 5.75 Å². The zero-order valence-electron chi connectivity index (χ0n) is 17.5. The maximum Gasteiger partial charge on any atom is 0.422 e. The van der Waals surface area contributed by atoms with E-state index in [9.17, 15) is 17.6 Å². The normalized spacial score (nSPS) is 11.5. The number of imidazole rings is 1. The van der Waals surface area contributed by atoms with E-state index >= 15 is 0 Å². The van der Waals surface area contributed by atoms with Crippen molar-refractivity contribution in [2.45, 2.75) is 6.18 Å². The Morgan fingerprint density at radius 2 is 1.74 bits per heavy atom. The molecule has 1 heterocycles. The summed E-state index contributed by atoms with van der Waals surface area (Å²) in [6.45, 7) is 2.46. The minimum atomic E-state index is -4.54. The minimum absolute atomic E-state index is 0.0254. The molecular formula is C23H15BrCl2F4N4O. The van der Waals surface area contributed by atoms with Gasteiger partial charge in [-0.1, -0.05) is 45.7 Å². The SMILES string of the molecule is C=C(Nc1ccc(Br)cc1)c1cc2[nH]c(Nc3c(Cl)cc(F)cc3Cl)nc2cc1OCC(F)(F)F. The van der Waals surface area contributed by atoms with Gasteiger partial charge in [-0.3, -0.25) is 0 Å². The van der Waals surface area contributed by atoms with Gasteiger partial charge in [0.05, 0.1) is 26.8 Å². The van der Waals surface area contributed by atoms with Gasteiger partial charge in [-0.15, -0.1) is 0 Å². The second-order valence-electron chi connectivity index (χ2n) is 7.33.